The highest BCUT2D eigenvalue weighted by molar-refractivity contribution is 9.10. The van der Waals surface area contributed by atoms with E-state index >= 15 is 0 Å². The number of likely N-dealkylation sites (tertiary alicyclic amines) is 1. The van der Waals surface area contributed by atoms with Gasteiger partial charge in [-0.3, -0.25) is 14.9 Å². The van der Waals surface area contributed by atoms with Gasteiger partial charge in [-0.25, -0.2) is 19.7 Å². The summed E-state index contributed by atoms with van der Waals surface area (Å²) < 4.78 is 7.60. The third-order valence-electron chi connectivity index (χ3n) is 7.60. The molecular weight excluding hydrogens is 592 g/mol. The summed E-state index contributed by atoms with van der Waals surface area (Å²) in [4.78, 5) is 54.0. The van der Waals surface area contributed by atoms with Gasteiger partial charge in [0, 0.05) is 17.1 Å². The molecule has 4 heterocycles. The quantitative estimate of drug-likeness (QED) is 0.194. The normalized spacial score (nSPS) is 19.3. The Balaban J connectivity index is 1.29. The number of unbranched alkanes of at least 4 members (excludes halogenated alkanes) is 1. The monoisotopic (exact) mass is 620 g/mol. The summed E-state index contributed by atoms with van der Waals surface area (Å²) in [6.45, 7) is 2.28. The van der Waals surface area contributed by atoms with Crippen LogP contribution in [0, 0.1) is 5.92 Å². The number of aromatic nitrogens is 4. The lowest BCUT2D eigenvalue weighted by Crippen LogP contribution is -2.46. The van der Waals surface area contributed by atoms with E-state index in [4.69, 9.17) is 10.5 Å². The summed E-state index contributed by atoms with van der Waals surface area (Å²) in [6, 6.07) is 10.0. The third kappa shape index (κ3) is 5.29. The Kier molecular flexibility index (Phi) is 7.20. The molecule has 4 N–H and O–H groups in total. The molecular formula is C28H29BrN8O4. The van der Waals surface area contributed by atoms with Crippen molar-refractivity contribution in [2.24, 2.45) is 5.92 Å². The average molecular weight is 621 g/mol. The lowest BCUT2D eigenvalue weighted by Gasteiger charge is -2.27. The second kappa shape index (κ2) is 11.0. The molecule has 3 amide bonds. The molecule has 13 heteroatoms. The fraction of sp³-hybridized carbons (Fsp3) is 0.357. The van der Waals surface area contributed by atoms with Crippen molar-refractivity contribution in [1.29, 1.82) is 0 Å². The summed E-state index contributed by atoms with van der Waals surface area (Å²) in [5.41, 5.74) is 7.89. The summed E-state index contributed by atoms with van der Waals surface area (Å²) in [6.07, 6.45) is 3.97. The van der Waals surface area contributed by atoms with Gasteiger partial charge in [-0.2, -0.15) is 0 Å². The molecule has 3 aromatic heterocycles. The Morgan fingerprint density at radius 2 is 2.00 bits per heavy atom. The van der Waals surface area contributed by atoms with Crippen LogP contribution in [0.4, 0.5) is 22.1 Å². The predicted octanol–water partition coefficient (Wildman–Crippen LogP) is 4.30. The Hall–Kier alpha value is -4.26. The number of carbonyl (C=O) groups is 3. The lowest BCUT2D eigenvalue weighted by atomic mass is 10.1. The van der Waals surface area contributed by atoms with E-state index in [1.54, 1.807) is 39.8 Å². The van der Waals surface area contributed by atoms with Crippen molar-refractivity contribution < 1.29 is 19.1 Å². The van der Waals surface area contributed by atoms with E-state index in [1.807, 2.05) is 13.0 Å². The lowest BCUT2D eigenvalue weighted by molar-refractivity contribution is -0.138. The number of nitrogen functional groups attached to an aromatic ring is 1. The molecule has 1 aliphatic carbocycles. The number of hydrogen-bond acceptors (Lipinski definition) is 8. The van der Waals surface area contributed by atoms with E-state index < -0.39 is 12.1 Å². The summed E-state index contributed by atoms with van der Waals surface area (Å²) in [5, 5.41) is 6.97. The number of nitrogens with one attached hydrogen (secondary N) is 2. The van der Waals surface area contributed by atoms with E-state index in [0.29, 0.717) is 51.6 Å². The first kappa shape index (κ1) is 26.9. The molecule has 6 rings (SSSR count). The van der Waals surface area contributed by atoms with Crippen LogP contribution in [0.2, 0.25) is 0 Å². The smallest absolute Gasteiger partial charge is 0.411 e. The van der Waals surface area contributed by atoms with Crippen molar-refractivity contribution in [3.63, 3.8) is 0 Å². The van der Waals surface area contributed by atoms with Gasteiger partial charge in [-0.15, -0.1) is 0 Å². The van der Waals surface area contributed by atoms with Gasteiger partial charge in [-0.1, -0.05) is 19.4 Å². The number of halogens is 1. The second-order valence-corrected chi connectivity index (χ2v) is 11.2. The van der Waals surface area contributed by atoms with E-state index in [0.717, 1.165) is 24.6 Å². The minimum atomic E-state index is -0.602. The van der Waals surface area contributed by atoms with E-state index in [-0.39, 0.29) is 30.2 Å². The zero-order valence-corrected chi connectivity index (χ0v) is 23.9. The molecule has 2 aliphatic rings. The average Bonchev–Trinajstić information content (AvgIpc) is 3.49. The van der Waals surface area contributed by atoms with Crippen LogP contribution in [-0.4, -0.2) is 61.0 Å². The van der Waals surface area contributed by atoms with Gasteiger partial charge in [0.2, 0.25) is 11.8 Å². The molecule has 0 spiro atoms. The van der Waals surface area contributed by atoms with Gasteiger partial charge in [0.1, 0.15) is 40.8 Å². The molecule has 0 bridgehead atoms. The van der Waals surface area contributed by atoms with Crippen LogP contribution in [0.25, 0.3) is 21.9 Å². The largest absolute Gasteiger partial charge is 0.449 e. The maximum absolute atomic E-state index is 13.9. The van der Waals surface area contributed by atoms with Crippen LogP contribution in [0.15, 0.2) is 47.3 Å². The van der Waals surface area contributed by atoms with Crippen LogP contribution < -0.4 is 16.4 Å². The van der Waals surface area contributed by atoms with Gasteiger partial charge < -0.3 is 25.3 Å². The van der Waals surface area contributed by atoms with Crippen molar-refractivity contribution in [3.05, 3.63) is 47.3 Å². The van der Waals surface area contributed by atoms with Crippen molar-refractivity contribution in [1.82, 2.24) is 24.4 Å². The fourth-order valence-electron chi connectivity index (χ4n) is 5.59. The number of rotatable bonds is 8. The van der Waals surface area contributed by atoms with E-state index in [2.05, 4.69) is 41.5 Å². The Bertz CT molecular complexity index is 1670. The minimum Gasteiger partial charge on any atom is -0.449 e. The van der Waals surface area contributed by atoms with Crippen LogP contribution in [0.1, 0.15) is 32.6 Å². The molecule has 41 heavy (non-hydrogen) atoms. The Labute approximate surface area is 243 Å². The molecule has 212 valence electrons. The number of benzene rings is 1. The summed E-state index contributed by atoms with van der Waals surface area (Å²) in [7, 11) is 0. The van der Waals surface area contributed by atoms with Gasteiger partial charge >= 0.3 is 6.09 Å². The van der Waals surface area contributed by atoms with Gasteiger partial charge in [-0.05, 0) is 71.4 Å². The third-order valence-corrected chi connectivity index (χ3v) is 8.04. The molecule has 1 saturated carbocycles. The maximum atomic E-state index is 13.9. The van der Waals surface area contributed by atoms with Gasteiger partial charge in [0.25, 0.3) is 0 Å². The van der Waals surface area contributed by atoms with Crippen LogP contribution in [0.5, 0.6) is 0 Å². The number of carbonyl (C=O) groups excluding carboxylic acids is 3. The highest BCUT2D eigenvalue weighted by atomic mass is 79.9. The molecule has 4 aromatic rings. The summed E-state index contributed by atoms with van der Waals surface area (Å²) >= 11 is 3.32. The van der Waals surface area contributed by atoms with Crippen molar-refractivity contribution in [2.75, 3.05) is 23.0 Å². The second-order valence-electron chi connectivity index (χ2n) is 10.3. The highest BCUT2D eigenvalue weighted by Gasteiger charge is 2.56. The van der Waals surface area contributed by atoms with Gasteiger partial charge in [0.05, 0.1) is 17.5 Å². The molecule has 1 aliphatic heterocycles. The van der Waals surface area contributed by atoms with Crippen LogP contribution >= 0.6 is 15.9 Å². The van der Waals surface area contributed by atoms with Crippen molar-refractivity contribution >= 4 is 73.1 Å². The zero-order valence-electron chi connectivity index (χ0n) is 22.3. The number of amides is 3. The first-order chi connectivity index (χ1) is 19.8. The van der Waals surface area contributed by atoms with Crippen LogP contribution in [0.3, 0.4) is 0 Å². The standard InChI is InChI=1S/C28H29BrN8O4/c1-2-3-9-41-28(40)33-16-7-8-17-19(12-16)36(26-24(17)25(30)31-14-32-26)13-23(38)37-18-10-15(18)11-20(37)27(39)35-22-6-4-5-21(29)34-22/h4-8,12,14-15,18,20H,2-3,9-11,13H2,1H3,(H,33,40)(H2,30,31,32)(H,34,35,39)/t15-,18-,20+/m1/s1. The molecule has 2 fully saturated rings. The zero-order chi connectivity index (χ0) is 28.7. The topological polar surface area (TPSA) is 157 Å². The summed E-state index contributed by atoms with van der Waals surface area (Å²) in [5.74, 6) is 0.535. The van der Waals surface area contributed by atoms with E-state index in [9.17, 15) is 14.4 Å². The number of nitrogens with zero attached hydrogens (tertiary/aromatic N) is 5. The predicted molar refractivity (Wildman–Crippen MR) is 157 cm³/mol. The molecule has 3 atom stereocenters. The minimum absolute atomic E-state index is 0.0247. The first-order valence-electron chi connectivity index (χ1n) is 13.5. The van der Waals surface area contributed by atoms with Crippen molar-refractivity contribution in [2.45, 2.75) is 51.2 Å². The fourth-order valence-corrected chi connectivity index (χ4v) is 5.93. The number of ether oxygens (including phenoxy) is 1. The van der Waals surface area contributed by atoms with Gasteiger partial charge in [0.15, 0.2) is 0 Å². The molecule has 12 nitrogen and oxygen atoms in total. The number of piperidine rings is 1. The number of nitrogens with two attached hydrogens (primary N) is 1. The van der Waals surface area contributed by atoms with E-state index in [1.165, 1.54) is 6.33 Å². The first-order valence-corrected chi connectivity index (χ1v) is 14.3. The van der Waals surface area contributed by atoms with Crippen LogP contribution in [-0.2, 0) is 20.9 Å². The Morgan fingerprint density at radius 1 is 1.15 bits per heavy atom. The number of fused-ring (bicyclic) bond motifs is 4. The molecule has 0 unspecified atom stereocenters. The maximum Gasteiger partial charge on any atom is 0.411 e. The number of pyridine rings is 1. The van der Waals surface area contributed by atoms with Crippen molar-refractivity contribution in [3.8, 4) is 0 Å². The number of anilines is 3. The number of hydrogen-bond donors (Lipinski definition) is 3. The Morgan fingerprint density at radius 3 is 2.80 bits per heavy atom. The SMILES string of the molecule is CCCCOC(=O)Nc1ccc2c3c(N)ncnc3n(CC(=O)N3[C@@H]4C[C@@H]4C[C@H]3C(=O)Nc3cccc(Br)n3)c2c1. The molecule has 0 radical (unpaired) electrons. The molecule has 1 saturated heterocycles. The molecule has 1 aromatic carbocycles. The highest BCUT2D eigenvalue weighted by Crippen LogP contribution is 2.48.